The van der Waals surface area contributed by atoms with Gasteiger partial charge in [-0.25, -0.2) is 0 Å². The van der Waals surface area contributed by atoms with Gasteiger partial charge in [-0.1, -0.05) is 12.1 Å². The molecule has 0 aliphatic rings. The quantitative estimate of drug-likeness (QED) is 0.723. The number of fused-ring (bicyclic) bond motifs is 1. The molecular weight excluding hydrogens is 248 g/mol. The second kappa shape index (κ2) is 5.10. The summed E-state index contributed by atoms with van der Waals surface area (Å²) in [5.41, 5.74) is 3.01. The number of nitrogens with zero attached hydrogens (tertiary/aromatic N) is 2. The van der Waals surface area contributed by atoms with Crippen LogP contribution in [0.5, 0.6) is 5.75 Å². The zero-order valence-corrected chi connectivity index (χ0v) is 11.2. The number of ether oxygens (including phenoxy) is 1. The number of hydrogen-bond donors (Lipinski definition) is 0. The summed E-state index contributed by atoms with van der Waals surface area (Å²) < 4.78 is 7.42. The van der Waals surface area contributed by atoms with Crippen LogP contribution in [-0.4, -0.2) is 11.7 Å². The molecular formula is C17H14N2O. The molecule has 20 heavy (non-hydrogen) atoms. The van der Waals surface area contributed by atoms with E-state index in [0.717, 1.165) is 23.2 Å². The molecule has 2 aromatic carbocycles. The summed E-state index contributed by atoms with van der Waals surface area (Å²) in [5.74, 6) is 0.866. The predicted molar refractivity (Wildman–Crippen MR) is 78.7 cm³/mol. The lowest BCUT2D eigenvalue weighted by molar-refractivity contribution is 0.414. The first kappa shape index (κ1) is 12.3. The van der Waals surface area contributed by atoms with E-state index in [2.05, 4.69) is 16.7 Å². The minimum absolute atomic E-state index is 0.691. The Morgan fingerprint density at radius 2 is 2.05 bits per heavy atom. The molecule has 0 unspecified atom stereocenters. The number of hydrogen-bond acceptors (Lipinski definition) is 2. The molecule has 0 amide bonds. The van der Waals surface area contributed by atoms with Crippen molar-refractivity contribution in [2.24, 2.45) is 0 Å². The summed E-state index contributed by atoms with van der Waals surface area (Å²) in [6.45, 7) is 0.784. The molecule has 0 saturated carbocycles. The first-order valence-corrected chi connectivity index (χ1v) is 6.42. The van der Waals surface area contributed by atoms with E-state index in [1.54, 1.807) is 7.11 Å². The van der Waals surface area contributed by atoms with Gasteiger partial charge in [0.25, 0.3) is 0 Å². The van der Waals surface area contributed by atoms with Gasteiger partial charge >= 0.3 is 0 Å². The van der Waals surface area contributed by atoms with Gasteiger partial charge in [-0.05, 0) is 42.0 Å². The fourth-order valence-corrected chi connectivity index (χ4v) is 2.38. The zero-order valence-electron chi connectivity index (χ0n) is 11.2. The minimum Gasteiger partial charge on any atom is -0.497 e. The van der Waals surface area contributed by atoms with Crippen LogP contribution in [0.3, 0.4) is 0 Å². The Bertz CT molecular complexity index is 796. The standard InChI is InChI=1S/C17H14N2O/c1-20-16-4-2-3-14(10-16)12-19-8-7-15-9-13(11-18)5-6-17(15)19/h2-10H,12H2,1H3. The number of methoxy groups -OCH3 is 1. The van der Waals surface area contributed by atoms with Crippen LogP contribution in [0.4, 0.5) is 0 Å². The zero-order chi connectivity index (χ0) is 13.9. The van der Waals surface area contributed by atoms with Crippen molar-refractivity contribution in [1.29, 1.82) is 5.26 Å². The Hall–Kier alpha value is -2.73. The van der Waals surface area contributed by atoms with E-state index < -0.39 is 0 Å². The molecule has 3 rings (SSSR count). The van der Waals surface area contributed by atoms with Crippen LogP contribution >= 0.6 is 0 Å². The van der Waals surface area contributed by atoms with Crippen LogP contribution in [-0.2, 0) is 6.54 Å². The monoisotopic (exact) mass is 262 g/mol. The third-order valence-corrected chi connectivity index (χ3v) is 3.39. The van der Waals surface area contributed by atoms with Gasteiger partial charge in [-0.3, -0.25) is 0 Å². The summed E-state index contributed by atoms with van der Waals surface area (Å²) in [6, 6.07) is 18.0. The molecule has 0 aliphatic heterocycles. The molecule has 0 fully saturated rings. The van der Waals surface area contributed by atoms with Crippen molar-refractivity contribution in [1.82, 2.24) is 4.57 Å². The first-order valence-electron chi connectivity index (χ1n) is 6.42. The van der Waals surface area contributed by atoms with Gasteiger partial charge in [-0.2, -0.15) is 5.26 Å². The van der Waals surface area contributed by atoms with Crippen LogP contribution in [0.2, 0.25) is 0 Å². The topological polar surface area (TPSA) is 38.0 Å². The summed E-state index contributed by atoms with van der Waals surface area (Å²) in [6.07, 6.45) is 2.05. The SMILES string of the molecule is COc1cccc(Cn2ccc3cc(C#N)ccc32)c1. The van der Waals surface area contributed by atoms with Crippen LogP contribution < -0.4 is 4.74 Å². The van der Waals surface area contributed by atoms with Crippen molar-refractivity contribution in [3.8, 4) is 11.8 Å². The Kier molecular flexibility index (Phi) is 3.14. The normalized spacial score (nSPS) is 10.4. The summed E-state index contributed by atoms with van der Waals surface area (Å²) >= 11 is 0. The van der Waals surface area contributed by atoms with E-state index in [-0.39, 0.29) is 0 Å². The van der Waals surface area contributed by atoms with Gasteiger partial charge in [0.2, 0.25) is 0 Å². The van der Waals surface area contributed by atoms with E-state index in [1.165, 1.54) is 5.56 Å². The highest BCUT2D eigenvalue weighted by Crippen LogP contribution is 2.20. The van der Waals surface area contributed by atoms with E-state index in [9.17, 15) is 0 Å². The smallest absolute Gasteiger partial charge is 0.119 e. The third-order valence-electron chi connectivity index (χ3n) is 3.39. The second-order valence-electron chi connectivity index (χ2n) is 4.68. The minimum atomic E-state index is 0.691. The number of aromatic nitrogens is 1. The van der Waals surface area contributed by atoms with Crippen LogP contribution in [0.1, 0.15) is 11.1 Å². The van der Waals surface area contributed by atoms with Crippen LogP contribution in [0.15, 0.2) is 54.7 Å². The molecule has 3 heteroatoms. The molecule has 0 bridgehead atoms. The van der Waals surface area contributed by atoms with E-state index in [4.69, 9.17) is 10.00 Å². The lowest BCUT2D eigenvalue weighted by Crippen LogP contribution is -1.98. The summed E-state index contributed by atoms with van der Waals surface area (Å²) in [5, 5.41) is 10.0. The Morgan fingerprint density at radius 1 is 1.15 bits per heavy atom. The van der Waals surface area contributed by atoms with E-state index >= 15 is 0 Å². The van der Waals surface area contributed by atoms with Crippen LogP contribution in [0, 0.1) is 11.3 Å². The molecule has 3 aromatic rings. The van der Waals surface area contributed by atoms with Crippen molar-refractivity contribution >= 4 is 10.9 Å². The van der Waals surface area contributed by atoms with Gasteiger partial charge in [0.1, 0.15) is 5.75 Å². The largest absolute Gasteiger partial charge is 0.497 e. The molecule has 3 nitrogen and oxygen atoms in total. The van der Waals surface area contributed by atoms with Crippen molar-refractivity contribution in [2.75, 3.05) is 7.11 Å². The maximum Gasteiger partial charge on any atom is 0.119 e. The molecule has 1 heterocycles. The maximum absolute atomic E-state index is 8.93. The van der Waals surface area contributed by atoms with Crippen molar-refractivity contribution in [2.45, 2.75) is 6.54 Å². The molecule has 0 aliphatic carbocycles. The van der Waals surface area contributed by atoms with Gasteiger partial charge in [-0.15, -0.1) is 0 Å². The number of rotatable bonds is 3. The van der Waals surface area contributed by atoms with Gasteiger partial charge in [0.05, 0.1) is 18.7 Å². The van der Waals surface area contributed by atoms with Gasteiger partial charge in [0, 0.05) is 23.6 Å². The summed E-state index contributed by atoms with van der Waals surface area (Å²) in [7, 11) is 1.67. The highest BCUT2D eigenvalue weighted by molar-refractivity contribution is 5.81. The second-order valence-corrected chi connectivity index (χ2v) is 4.68. The first-order chi connectivity index (χ1) is 9.80. The molecule has 0 atom stereocenters. The Labute approximate surface area is 117 Å². The predicted octanol–water partition coefficient (Wildman–Crippen LogP) is 3.57. The van der Waals surface area contributed by atoms with Gasteiger partial charge < -0.3 is 9.30 Å². The molecule has 0 saturated heterocycles. The van der Waals surface area contributed by atoms with Crippen LogP contribution in [0.25, 0.3) is 10.9 Å². The van der Waals surface area contributed by atoms with Crippen molar-refractivity contribution in [3.63, 3.8) is 0 Å². The molecule has 0 radical (unpaired) electrons. The number of nitriles is 1. The highest BCUT2D eigenvalue weighted by atomic mass is 16.5. The average molecular weight is 262 g/mol. The maximum atomic E-state index is 8.93. The Morgan fingerprint density at radius 3 is 2.85 bits per heavy atom. The van der Waals surface area contributed by atoms with Gasteiger partial charge in [0.15, 0.2) is 0 Å². The van der Waals surface area contributed by atoms with Crippen molar-refractivity contribution < 1.29 is 4.74 Å². The lowest BCUT2D eigenvalue weighted by Gasteiger charge is -2.07. The summed E-state index contributed by atoms with van der Waals surface area (Å²) in [4.78, 5) is 0. The Balaban J connectivity index is 1.96. The molecule has 1 aromatic heterocycles. The fourth-order valence-electron chi connectivity index (χ4n) is 2.38. The van der Waals surface area contributed by atoms with Crippen molar-refractivity contribution in [3.05, 3.63) is 65.9 Å². The van der Waals surface area contributed by atoms with E-state index in [0.29, 0.717) is 5.56 Å². The molecule has 0 spiro atoms. The molecule has 0 N–H and O–H groups in total. The lowest BCUT2D eigenvalue weighted by atomic mass is 10.1. The van der Waals surface area contributed by atoms with E-state index in [1.807, 2.05) is 48.7 Å². The molecule has 98 valence electrons. The number of benzene rings is 2. The average Bonchev–Trinajstić information content (AvgIpc) is 2.89. The highest BCUT2D eigenvalue weighted by Gasteiger charge is 2.03. The fraction of sp³-hybridized carbons (Fsp3) is 0.118. The third kappa shape index (κ3) is 2.24.